The van der Waals surface area contributed by atoms with E-state index in [1.54, 1.807) is 0 Å². The minimum Gasteiger partial charge on any atom is -0.486 e. The van der Waals surface area contributed by atoms with Gasteiger partial charge in [-0.15, -0.1) is 0 Å². The van der Waals surface area contributed by atoms with Crippen molar-refractivity contribution in [3.63, 3.8) is 0 Å². The molecule has 0 aromatic heterocycles. The van der Waals surface area contributed by atoms with E-state index >= 15 is 0 Å². The largest absolute Gasteiger partial charge is 0.486 e. The Morgan fingerprint density at radius 1 is 1.25 bits per heavy atom. The molecule has 2 aliphatic heterocycles. The zero-order valence-electron chi connectivity index (χ0n) is 12.2. The molecular weight excluding hydrogens is 274 g/mol. The molecule has 2 heterocycles. The fourth-order valence-electron chi connectivity index (χ4n) is 3.26. The predicted molar refractivity (Wildman–Crippen MR) is 81.4 cm³/mol. The topological polar surface area (TPSA) is 30.5 Å². The minimum absolute atomic E-state index is 0.402. The van der Waals surface area contributed by atoms with Gasteiger partial charge in [-0.1, -0.05) is 25.4 Å². The molecule has 0 bridgehead atoms. The summed E-state index contributed by atoms with van der Waals surface area (Å²) in [5.74, 6) is 2.53. The zero-order valence-corrected chi connectivity index (χ0v) is 12.9. The fraction of sp³-hybridized carbons (Fsp3) is 0.625. The van der Waals surface area contributed by atoms with Gasteiger partial charge in [0.05, 0.1) is 5.02 Å². The van der Waals surface area contributed by atoms with E-state index in [1.807, 2.05) is 0 Å². The van der Waals surface area contributed by atoms with Crippen LogP contribution in [0.15, 0.2) is 6.07 Å². The number of hydrogen-bond donors (Lipinski definition) is 1. The van der Waals surface area contributed by atoms with Crippen molar-refractivity contribution in [2.75, 3.05) is 26.3 Å². The highest BCUT2D eigenvalue weighted by atomic mass is 35.5. The standard InChI is InChI=1S/C16H22ClNO2/c1-10(2)14-12(11-4-3-5-18-9-11)8-13(17)15-16(14)20-7-6-19-15/h8,10-11,18H,3-7,9H2,1-2H3. The van der Waals surface area contributed by atoms with Crippen LogP contribution in [0.4, 0.5) is 0 Å². The predicted octanol–water partition coefficient (Wildman–Crippen LogP) is 3.70. The van der Waals surface area contributed by atoms with Crippen molar-refractivity contribution < 1.29 is 9.47 Å². The number of piperidine rings is 1. The third kappa shape index (κ3) is 2.49. The summed E-state index contributed by atoms with van der Waals surface area (Å²) in [6.45, 7) is 7.74. The Morgan fingerprint density at radius 2 is 2.00 bits per heavy atom. The Kier molecular flexibility index (Phi) is 4.08. The lowest BCUT2D eigenvalue weighted by molar-refractivity contribution is 0.169. The molecule has 1 fully saturated rings. The number of rotatable bonds is 2. The van der Waals surface area contributed by atoms with Crippen LogP contribution < -0.4 is 14.8 Å². The maximum atomic E-state index is 6.42. The van der Waals surface area contributed by atoms with Gasteiger partial charge in [0.15, 0.2) is 11.5 Å². The summed E-state index contributed by atoms with van der Waals surface area (Å²) in [5, 5.41) is 4.17. The Balaban J connectivity index is 2.10. The van der Waals surface area contributed by atoms with Gasteiger partial charge in [-0.25, -0.2) is 0 Å². The van der Waals surface area contributed by atoms with E-state index in [1.165, 1.54) is 24.0 Å². The average Bonchev–Trinajstić information content (AvgIpc) is 2.47. The van der Waals surface area contributed by atoms with Gasteiger partial charge in [-0.05, 0) is 42.9 Å². The van der Waals surface area contributed by atoms with E-state index < -0.39 is 0 Å². The summed E-state index contributed by atoms with van der Waals surface area (Å²) in [7, 11) is 0. The molecule has 1 aromatic rings. The van der Waals surface area contributed by atoms with Gasteiger partial charge in [-0.3, -0.25) is 0 Å². The Bertz CT molecular complexity index is 496. The second-order valence-electron chi connectivity index (χ2n) is 5.91. The third-order valence-corrected chi connectivity index (χ3v) is 4.43. The first kappa shape index (κ1) is 14.0. The molecule has 20 heavy (non-hydrogen) atoms. The van der Waals surface area contributed by atoms with Gasteiger partial charge in [0.1, 0.15) is 13.2 Å². The van der Waals surface area contributed by atoms with E-state index in [9.17, 15) is 0 Å². The fourth-order valence-corrected chi connectivity index (χ4v) is 3.52. The quantitative estimate of drug-likeness (QED) is 0.902. The zero-order chi connectivity index (χ0) is 14.1. The second-order valence-corrected chi connectivity index (χ2v) is 6.32. The molecule has 1 unspecified atom stereocenters. The van der Waals surface area contributed by atoms with Crippen molar-refractivity contribution in [1.82, 2.24) is 5.32 Å². The lowest BCUT2D eigenvalue weighted by Crippen LogP contribution is -2.29. The number of fused-ring (bicyclic) bond motifs is 1. The lowest BCUT2D eigenvalue weighted by atomic mass is 9.84. The molecule has 3 rings (SSSR count). The van der Waals surface area contributed by atoms with Crippen molar-refractivity contribution in [2.24, 2.45) is 0 Å². The van der Waals surface area contributed by atoms with Crippen molar-refractivity contribution in [3.05, 3.63) is 22.2 Å². The molecule has 1 atom stereocenters. The highest BCUT2D eigenvalue weighted by Crippen LogP contribution is 2.47. The number of ether oxygens (including phenoxy) is 2. The molecule has 0 spiro atoms. The normalized spacial score (nSPS) is 22.1. The molecular formula is C16H22ClNO2. The van der Waals surface area contributed by atoms with Gasteiger partial charge in [0, 0.05) is 12.1 Å². The Hall–Kier alpha value is -0.930. The van der Waals surface area contributed by atoms with Gasteiger partial charge in [0.25, 0.3) is 0 Å². The molecule has 110 valence electrons. The van der Waals surface area contributed by atoms with Gasteiger partial charge in [-0.2, -0.15) is 0 Å². The Morgan fingerprint density at radius 3 is 2.65 bits per heavy atom. The van der Waals surface area contributed by atoms with Crippen molar-refractivity contribution in [2.45, 2.75) is 38.5 Å². The van der Waals surface area contributed by atoms with Crippen molar-refractivity contribution >= 4 is 11.6 Å². The van der Waals surface area contributed by atoms with Crippen LogP contribution in [0.3, 0.4) is 0 Å². The van der Waals surface area contributed by atoms with E-state index in [0.717, 1.165) is 24.6 Å². The molecule has 1 N–H and O–H groups in total. The first-order valence-electron chi connectivity index (χ1n) is 7.51. The summed E-state index contributed by atoms with van der Waals surface area (Å²) in [5.41, 5.74) is 2.61. The highest BCUT2D eigenvalue weighted by Gasteiger charge is 2.28. The van der Waals surface area contributed by atoms with Crippen LogP contribution in [0.2, 0.25) is 5.02 Å². The molecule has 0 amide bonds. The van der Waals surface area contributed by atoms with E-state index in [0.29, 0.717) is 30.1 Å². The molecule has 1 saturated heterocycles. The first-order chi connectivity index (χ1) is 9.68. The molecule has 0 saturated carbocycles. The van der Waals surface area contributed by atoms with Crippen molar-refractivity contribution in [3.8, 4) is 11.5 Å². The van der Waals surface area contributed by atoms with Gasteiger partial charge >= 0.3 is 0 Å². The summed E-state index contributed by atoms with van der Waals surface area (Å²) in [6, 6.07) is 2.10. The molecule has 4 heteroatoms. The summed E-state index contributed by atoms with van der Waals surface area (Å²) < 4.78 is 11.6. The van der Waals surface area contributed by atoms with Crippen LogP contribution in [-0.2, 0) is 0 Å². The SMILES string of the molecule is CC(C)c1c(C2CCCNC2)cc(Cl)c2c1OCCO2. The van der Waals surface area contributed by atoms with Crippen LogP contribution in [0.25, 0.3) is 0 Å². The van der Waals surface area contributed by atoms with Crippen molar-refractivity contribution in [1.29, 1.82) is 0 Å². The van der Waals surface area contributed by atoms with Gasteiger partial charge < -0.3 is 14.8 Å². The molecule has 0 radical (unpaired) electrons. The maximum Gasteiger partial charge on any atom is 0.180 e. The number of hydrogen-bond acceptors (Lipinski definition) is 3. The van der Waals surface area contributed by atoms with E-state index in [2.05, 4.69) is 25.2 Å². The maximum absolute atomic E-state index is 6.42. The van der Waals surface area contributed by atoms with Gasteiger partial charge in [0.2, 0.25) is 0 Å². The van der Waals surface area contributed by atoms with Crippen LogP contribution in [-0.4, -0.2) is 26.3 Å². The smallest absolute Gasteiger partial charge is 0.180 e. The van der Waals surface area contributed by atoms with Crippen LogP contribution >= 0.6 is 11.6 Å². The molecule has 0 aliphatic carbocycles. The van der Waals surface area contributed by atoms with E-state index in [-0.39, 0.29) is 0 Å². The van der Waals surface area contributed by atoms with Crippen LogP contribution in [0.1, 0.15) is 49.7 Å². The minimum atomic E-state index is 0.402. The monoisotopic (exact) mass is 295 g/mol. The first-order valence-corrected chi connectivity index (χ1v) is 7.89. The highest BCUT2D eigenvalue weighted by molar-refractivity contribution is 6.32. The average molecular weight is 296 g/mol. The van der Waals surface area contributed by atoms with Crippen LogP contribution in [0.5, 0.6) is 11.5 Å². The van der Waals surface area contributed by atoms with E-state index in [4.69, 9.17) is 21.1 Å². The molecule has 2 aliphatic rings. The summed E-state index contributed by atoms with van der Waals surface area (Å²) in [4.78, 5) is 0. The number of halogens is 1. The number of nitrogens with one attached hydrogen (secondary N) is 1. The summed E-state index contributed by atoms with van der Waals surface area (Å²) in [6.07, 6.45) is 2.43. The third-order valence-electron chi connectivity index (χ3n) is 4.15. The molecule has 1 aromatic carbocycles. The molecule has 3 nitrogen and oxygen atoms in total. The summed E-state index contributed by atoms with van der Waals surface area (Å²) >= 11 is 6.42. The lowest BCUT2D eigenvalue weighted by Gasteiger charge is -2.30. The van der Waals surface area contributed by atoms with Crippen LogP contribution in [0, 0.1) is 0 Å². The Labute approximate surface area is 125 Å². The number of benzene rings is 1. The second kappa shape index (κ2) is 5.82.